The molecule has 2 saturated carbocycles. The summed E-state index contributed by atoms with van der Waals surface area (Å²) in [6.07, 6.45) is 8.99. The average Bonchev–Trinajstić information content (AvgIpc) is 2.27. The second-order valence-corrected chi connectivity index (χ2v) is 6.86. The normalized spacial score (nSPS) is 50.2. The standard InChI is InChI=1S/C16H30/c1-11-7-5-9-15(13(11)3)16-10-6-8-12(2)14(16)4/h11-16H,5-10H2,1-4H3. The van der Waals surface area contributed by atoms with E-state index < -0.39 is 0 Å². The van der Waals surface area contributed by atoms with Crippen LogP contribution in [0.5, 0.6) is 0 Å². The average molecular weight is 222 g/mol. The van der Waals surface area contributed by atoms with E-state index in [2.05, 4.69) is 27.7 Å². The monoisotopic (exact) mass is 222 g/mol. The Kier molecular flexibility index (Phi) is 3.97. The smallest absolute Gasteiger partial charge is 0.0355 e. The molecule has 2 fully saturated rings. The second-order valence-electron chi connectivity index (χ2n) is 6.86. The molecule has 0 spiro atoms. The summed E-state index contributed by atoms with van der Waals surface area (Å²) in [7, 11) is 0. The molecular weight excluding hydrogens is 192 g/mol. The molecule has 0 amide bonds. The molecule has 0 heteroatoms. The molecule has 2 rings (SSSR count). The fraction of sp³-hybridized carbons (Fsp3) is 1.00. The lowest BCUT2D eigenvalue weighted by molar-refractivity contribution is 0.0455. The molecule has 0 radical (unpaired) electrons. The first-order valence-electron chi connectivity index (χ1n) is 7.61. The molecule has 0 aromatic carbocycles. The molecule has 0 aliphatic heterocycles. The maximum Gasteiger partial charge on any atom is -0.0355 e. The molecule has 0 aromatic heterocycles. The Morgan fingerprint density at radius 1 is 0.562 bits per heavy atom. The fourth-order valence-corrected chi connectivity index (χ4v) is 4.45. The molecular formula is C16H30. The van der Waals surface area contributed by atoms with Gasteiger partial charge in [0, 0.05) is 0 Å². The van der Waals surface area contributed by atoms with Crippen LogP contribution in [0.4, 0.5) is 0 Å². The Labute approximate surface area is 102 Å². The maximum atomic E-state index is 2.53. The van der Waals surface area contributed by atoms with Crippen molar-refractivity contribution in [2.24, 2.45) is 35.5 Å². The highest BCUT2D eigenvalue weighted by Gasteiger charge is 2.38. The van der Waals surface area contributed by atoms with Gasteiger partial charge in [-0.15, -0.1) is 0 Å². The van der Waals surface area contributed by atoms with Crippen LogP contribution in [0.1, 0.15) is 66.2 Å². The topological polar surface area (TPSA) is 0 Å². The first-order chi connectivity index (χ1) is 7.61. The molecule has 0 saturated heterocycles. The van der Waals surface area contributed by atoms with Gasteiger partial charge < -0.3 is 0 Å². The van der Waals surface area contributed by atoms with Gasteiger partial charge in [0.15, 0.2) is 0 Å². The van der Waals surface area contributed by atoms with Crippen molar-refractivity contribution in [2.75, 3.05) is 0 Å². The molecule has 2 aliphatic rings. The minimum atomic E-state index is 0.975. The summed E-state index contributed by atoms with van der Waals surface area (Å²) in [6, 6.07) is 0. The molecule has 94 valence electrons. The summed E-state index contributed by atoms with van der Waals surface area (Å²) in [5.41, 5.74) is 0. The van der Waals surface area contributed by atoms with Gasteiger partial charge in [-0.05, 0) is 48.3 Å². The van der Waals surface area contributed by atoms with Gasteiger partial charge in [0.25, 0.3) is 0 Å². The predicted molar refractivity (Wildman–Crippen MR) is 71.3 cm³/mol. The Bertz CT molecular complexity index is 196. The van der Waals surface area contributed by atoms with E-state index in [9.17, 15) is 0 Å². The van der Waals surface area contributed by atoms with Crippen molar-refractivity contribution >= 4 is 0 Å². The fourth-order valence-electron chi connectivity index (χ4n) is 4.45. The third kappa shape index (κ3) is 2.31. The van der Waals surface area contributed by atoms with Crippen molar-refractivity contribution < 1.29 is 0 Å². The van der Waals surface area contributed by atoms with Crippen LogP contribution in [0.2, 0.25) is 0 Å². The van der Waals surface area contributed by atoms with Crippen molar-refractivity contribution in [2.45, 2.75) is 66.2 Å². The zero-order valence-corrected chi connectivity index (χ0v) is 11.7. The molecule has 0 N–H and O–H groups in total. The molecule has 0 nitrogen and oxygen atoms in total. The van der Waals surface area contributed by atoms with Crippen molar-refractivity contribution in [3.8, 4) is 0 Å². The van der Waals surface area contributed by atoms with Crippen LogP contribution in [0.15, 0.2) is 0 Å². The van der Waals surface area contributed by atoms with E-state index in [1.54, 1.807) is 0 Å². The summed E-state index contributed by atoms with van der Waals surface area (Å²) in [5.74, 6) is 5.99. The lowest BCUT2D eigenvalue weighted by Gasteiger charge is -2.45. The lowest BCUT2D eigenvalue weighted by Crippen LogP contribution is -2.37. The van der Waals surface area contributed by atoms with Gasteiger partial charge in [-0.2, -0.15) is 0 Å². The zero-order valence-electron chi connectivity index (χ0n) is 11.7. The number of hydrogen-bond acceptors (Lipinski definition) is 0. The molecule has 6 atom stereocenters. The molecule has 0 aromatic rings. The SMILES string of the molecule is CC1CCCC(C2CCCC(C)C2C)C1C. The summed E-state index contributed by atoms with van der Waals surface area (Å²) in [5, 5.41) is 0. The summed E-state index contributed by atoms with van der Waals surface area (Å²) in [6.45, 7) is 10.0. The molecule has 16 heavy (non-hydrogen) atoms. The number of hydrogen-bond donors (Lipinski definition) is 0. The van der Waals surface area contributed by atoms with E-state index in [0.717, 1.165) is 35.5 Å². The van der Waals surface area contributed by atoms with Crippen LogP contribution < -0.4 is 0 Å². The van der Waals surface area contributed by atoms with Gasteiger partial charge >= 0.3 is 0 Å². The highest BCUT2D eigenvalue weighted by atomic mass is 14.4. The van der Waals surface area contributed by atoms with Gasteiger partial charge in [0.05, 0.1) is 0 Å². The van der Waals surface area contributed by atoms with E-state index in [4.69, 9.17) is 0 Å². The van der Waals surface area contributed by atoms with E-state index in [1.807, 2.05) is 0 Å². The predicted octanol–water partition coefficient (Wildman–Crippen LogP) is 5.13. The third-order valence-corrected chi connectivity index (χ3v) is 6.09. The molecule has 6 unspecified atom stereocenters. The van der Waals surface area contributed by atoms with Gasteiger partial charge in [0.1, 0.15) is 0 Å². The number of rotatable bonds is 1. The minimum absolute atomic E-state index is 0.975. The molecule has 0 bridgehead atoms. The molecule has 2 aliphatic carbocycles. The van der Waals surface area contributed by atoms with Crippen molar-refractivity contribution in [1.29, 1.82) is 0 Å². The maximum absolute atomic E-state index is 2.53. The van der Waals surface area contributed by atoms with E-state index in [1.165, 1.54) is 38.5 Å². The van der Waals surface area contributed by atoms with Crippen LogP contribution in [-0.4, -0.2) is 0 Å². The van der Waals surface area contributed by atoms with Crippen LogP contribution >= 0.6 is 0 Å². The summed E-state index contributed by atoms with van der Waals surface area (Å²) >= 11 is 0. The second kappa shape index (κ2) is 5.10. The van der Waals surface area contributed by atoms with Gasteiger partial charge in [-0.25, -0.2) is 0 Å². The van der Waals surface area contributed by atoms with Gasteiger partial charge in [-0.1, -0.05) is 53.4 Å². The largest absolute Gasteiger partial charge is 0.0622 e. The minimum Gasteiger partial charge on any atom is -0.0622 e. The van der Waals surface area contributed by atoms with E-state index >= 15 is 0 Å². The Balaban J connectivity index is 2.04. The Morgan fingerprint density at radius 3 is 1.31 bits per heavy atom. The van der Waals surface area contributed by atoms with Crippen LogP contribution in [0.3, 0.4) is 0 Å². The summed E-state index contributed by atoms with van der Waals surface area (Å²) < 4.78 is 0. The van der Waals surface area contributed by atoms with Crippen molar-refractivity contribution in [3.05, 3.63) is 0 Å². The van der Waals surface area contributed by atoms with Gasteiger partial charge in [-0.3, -0.25) is 0 Å². The Morgan fingerprint density at radius 2 is 0.938 bits per heavy atom. The molecule has 0 heterocycles. The van der Waals surface area contributed by atoms with E-state index in [0.29, 0.717) is 0 Å². The van der Waals surface area contributed by atoms with Crippen LogP contribution in [0, 0.1) is 35.5 Å². The highest BCUT2D eigenvalue weighted by molar-refractivity contribution is 4.88. The Hall–Kier alpha value is 0. The zero-order chi connectivity index (χ0) is 11.7. The van der Waals surface area contributed by atoms with Crippen molar-refractivity contribution in [1.82, 2.24) is 0 Å². The highest BCUT2D eigenvalue weighted by Crippen LogP contribution is 2.47. The van der Waals surface area contributed by atoms with Crippen LogP contribution in [0.25, 0.3) is 0 Å². The summed E-state index contributed by atoms with van der Waals surface area (Å²) in [4.78, 5) is 0. The third-order valence-electron chi connectivity index (χ3n) is 6.09. The van der Waals surface area contributed by atoms with Gasteiger partial charge in [0.2, 0.25) is 0 Å². The first-order valence-corrected chi connectivity index (χ1v) is 7.61. The quantitative estimate of drug-likeness (QED) is 0.577. The first kappa shape index (κ1) is 12.5. The van der Waals surface area contributed by atoms with Crippen molar-refractivity contribution in [3.63, 3.8) is 0 Å². The van der Waals surface area contributed by atoms with Crippen LogP contribution in [-0.2, 0) is 0 Å². The lowest BCUT2D eigenvalue weighted by atomic mass is 9.60. The van der Waals surface area contributed by atoms with E-state index in [-0.39, 0.29) is 0 Å².